The van der Waals surface area contributed by atoms with Crippen LogP contribution < -0.4 is 4.74 Å². The zero-order valence-electron chi connectivity index (χ0n) is 14.2. The van der Waals surface area contributed by atoms with E-state index in [4.69, 9.17) is 4.74 Å². The molecule has 4 aromatic rings. The predicted octanol–water partition coefficient (Wildman–Crippen LogP) is 5.79. The molecule has 0 N–H and O–H groups in total. The van der Waals surface area contributed by atoms with E-state index < -0.39 is 0 Å². The first-order chi connectivity index (χ1) is 12.4. The molecular weight excluding hydrogens is 306 g/mol. The number of pyridine rings is 1. The van der Waals surface area contributed by atoms with Crippen molar-refractivity contribution in [3.63, 3.8) is 0 Å². The summed E-state index contributed by atoms with van der Waals surface area (Å²) in [6.07, 6.45) is 5.23. The maximum Gasteiger partial charge on any atom is 0.121 e. The van der Waals surface area contributed by atoms with Gasteiger partial charge in [0.15, 0.2) is 0 Å². The summed E-state index contributed by atoms with van der Waals surface area (Å²) in [5, 5.41) is 3.58. The van der Waals surface area contributed by atoms with Gasteiger partial charge in [0.2, 0.25) is 0 Å². The number of unbranched alkanes of at least 4 members (excludes halogenated alkanes) is 1. The molecule has 25 heavy (non-hydrogen) atoms. The second kappa shape index (κ2) is 7.35. The highest BCUT2D eigenvalue weighted by atomic mass is 16.5. The van der Waals surface area contributed by atoms with Gasteiger partial charge in [0.25, 0.3) is 0 Å². The van der Waals surface area contributed by atoms with E-state index >= 15 is 0 Å². The van der Waals surface area contributed by atoms with Gasteiger partial charge in [-0.2, -0.15) is 0 Å². The third-order valence-corrected chi connectivity index (χ3v) is 4.53. The molecule has 4 rings (SSSR count). The minimum Gasteiger partial charge on any atom is -0.494 e. The number of hydrogen-bond donors (Lipinski definition) is 0. The largest absolute Gasteiger partial charge is 0.494 e. The second-order valence-corrected chi connectivity index (χ2v) is 6.32. The quantitative estimate of drug-likeness (QED) is 0.330. The molecule has 0 fully saturated rings. The first kappa shape index (κ1) is 15.6. The van der Waals surface area contributed by atoms with Gasteiger partial charge in [-0.3, -0.25) is 4.98 Å². The van der Waals surface area contributed by atoms with E-state index in [9.17, 15) is 0 Å². The number of nitrogens with zero attached hydrogens (tertiary/aromatic N) is 1. The molecule has 1 aromatic heterocycles. The Morgan fingerprint density at radius 1 is 0.760 bits per heavy atom. The standard InChI is InChI=1S/C23H21NO/c1-2-8-18(9-3-1)10-6-7-15-25-20-13-14-22-21-12-5-4-11-19(21)17-24-23(22)16-20/h1-5,8-9,11-14,16-17H,6-7,10,15H2. The fraction of sp³-hybridized carbons (Fsp3) is 0.174. The fourth-order valence-electron chi connectivity index (χ4n) is 3.20. The topological polar surface area (TPSA) is 22.1 Å². The Morgan fingerprint density at radius 3 is 2.52 bits per heavy atom. The van der Waals surface area contributed by atoms with Gasteiger partial charge in [0.1, 0.15) is 5.75 Å². The third kappa shape index (κ3) is 3.63. The van der Waals surface area contributed by atoms with E-state index in [2.05, 4.69) is 59.6 Å². The van der Waals surface area contributed by atoms with Crippen molar-refractivity contribution in [2.45, 2.75) is 19.3 Å². The van der Waals surface area contributed by atoms with E-state index in [1.165, 1.54) is 21.7 Å². The summed E-state index contributed by atoms with van der Waals surface area (Å²) in [5.74, 6) is 0.898. The predicted molar refractivity (Wildman–Crippen MR) is 104 cm³/mol. The number of fused-ring (bicyclic) bond motifs is 3. The number of aryl methyl sites for hydroxylation is 1. The summed E-state index contributed by atoms with van der Waals surface area (Å²) in [6.45, 7) is 0.742. The minimum atomic E-state index is 0.742. The van der Waals surface area contributed by atoms with Crippen molar-refractivity contribution >= 4 is 21.7 Å². The second-order valence-electron chi connectivity index (χ2n) is 6.32. The Labute approximate surface area is 148 Å². The van der Waals surface area contributed by atoms with Crippen LogP contribution in [0.25, 0.3) is 21.7 Å². The summed E-state index contributed by atoms with van der Waals surface area (Å²) in [4.78, 5) is 4.57. The fourth-order valence-corrected chi connectivity index (χ4v) is 3.20. The van der Waals surface area contributed by atoms with Crippen LogP contribution in [0.15, 0.2) is 79.0 Å². The number of rotatable bonds is 6. The maximum atomic E-state index is 5.92. The maximum absolute atomic E-state index is 5.92. The SMILES string of the molecule is c1ccc(CCCCOc2ccc3c(c2)ncc2ccccc23)cc1. The lowest BCUT2D eigenvalue weighted by atomic mass is 10.1. The van der Waals surface area contributed by atoms with Crippen LogP contribution >= 0.6 is 0 Å². The normalized spacial score (nSPS) is 11.0. The lowest BCUT2D eigenvalue weighted by Gasteiger charge is -2.08. The number of hydrogen-bond acceptors (Lipinski definition) is 2. The monoisotopic (exact) mass is 327 g/mol. The molecule has 2 nitrogen and oxygen atoms in total. The van der Waals surface area contributed by atoms with Crippen molar-refractivity contribution in [1.82, 2.24) is 4.98 Å². The van der Waals surface area contributed by atoms with Crippen LogP contribution in [-0.2, 0) is 6.42 Å². The van der Waals surface area contributed by atoms with Crippen molar-refractivity contribution in [1.29, 1.82) is 0 Å². The van der Waals surface area contributed by atoms with Crippen LogP contribution in [0.1, 0.15) is 18.4 Å². The molecule has 3 aromatic carbocycles. The summed E-state index contributed by atoms with van der Waals surface area (Å²) in [7, 11) is 0. The molecule has 0 bridgehead atoms. The van der Waals surface area contributed by atoms with Gasteiger partial charge in [-0.25, -0.2) is 0 Å². The molecule has 0 radical (unpaired) electrons. The third-order valence-electron chi connectivity index (χ3n) is 4.53. The van der Waals surface area contributed by atoms with Gasteiger partial charge in [-0.15, -0.1) is 0 Å². The van der Waals surface area contributed by atoms with Crippen molar-refractivity contribution in [3.8, 4) is 5.75 Å². The molecular formula is C23H21NO. The molecule has 0 saturated carbocycles. The van der Waals surface area contributed by atoms with E-state index in [0.717, 1.165) is 37.1 Å². The Balaban J connectivity index is 1.38. The Kier molecular flexibility index (Phi) is 4.60. The van der Waals surface area contributed by atoms with Gasteiger partial charge in [0.05, 0.1) is 12.1 Å². The van der Waals surface area contributed by atoms with E-state index in [1.54, 1.807) is 0 Å². The highest BCUT2D eigenvalue weighted by molar-refractivity contribution is 6.05. The number of aromatic nitrogens is 1. The Morgan fingerprint density at radius 2 is 1.60 bits per heavy atom. The van der Waals surface area contributed by atoms with Crippen LogP contribution in [0.3, 0.4) is 0 Å². The molecule has 0 spiro atoms. The van der Waals surface area contributed by atoms with Gasteiger partial charge < -0.3 is 4.74 Å². The van der Waals surface area contributed by atoms with Crippen molar-refractivity contribution in [2.24, 2.45) is 0 Å². The lowest BCUT2D eigenvalue weighted by molar-refractivity contribution is 0.307. The summed E-state index contributed by atoms with van der Waals surface area (Å²) in [6, 6.07) is 25.2. The smallest absolute Gasteiger partial charge is 0.121 e. The molecule has 0 atom stereocenters. The molecule has 1 heterocycles. The van der Waals surface area contributed by atoms with Crippen molar-refractivity contribution in [2.75, 3.05) is 6.61 Å². The molecule has 2 heteroatoms. The van der Waals surface area contributed by atoms with Gasteiger partial charge in [-0.05, 0) is 42.3 Å². The van der Waals surface area contributed by atoms with Crippen LogP contribution in [0.2, 0.25) is 0 Å². The average molecular weight is 327 g/mol. The van der Waals surface area contributed by atoms with Crippen LogP contribution in [0.5, 0.6) is 5.75 Å². The molecule has 0 unspecified atom stereocenters. The van der Waals surface area contributed by atoms with Crippen molar-refractivity contribution in [3.05, 3.63) is 84.6 Å². The van der Waals surface area contributed by atoms with Crippen LogP contribution in [0, 0.1) is 0 Å². The first-order valence-corrected chi connectivity index (χ1v) is 8.84. The lowest BCUT2D eigenvalue weighted by Crippen LogP contribution is -1.98. The van der Waals surface area contributed by atoms with E-state index in [1.807, 2.05) is 24.4 Å². The zero-order chi connectivity index (χ0) is 16.9. The molecule has 0 amide bonds. The molecule has 0 saturated heterocycles. The number of ether oxygens (including phenoxy) is 1. The van der Waals surface area contributed by atoms with Gasteiger partial charge >= 0.3 is 0 Å². The number of benzene rings is 3. The summed E-state index contributed by atoms with van der Waals surface area (Å²) in [5.41, 5.74) is 2.38. The average Bonchev–Trinajstić information content (AvgIpc) is 2.68. The summed E-state index contributed by atoms with van der Waals surface area (Å²) >= 11 is 0. The van der Waals surface area contributed by atoms with Crippen LogP contribution in [-0.4, -0.2) is 11.6 Å². The van der Waals surface area contributed by atoms with Gasteiger partial charge in [-0.1, -0.05) is 54.6 Å². The van der Waals surface area contributed by atoms with Crippen molar-refractivity contribution < 1.29 is 4.74 Å². The zero-order valence-corrected chi connectivity index (χ0v) is 14.2. The van der Waals surface area contributed by atoms with E-state index in [-0.39, 0.29) is 0 Å². The highest BCUT2D eigenvalue weighted by Gasteiger charge is 2.03. The highest BCUT2D eigenvalue weighted by Crippen LogP contribution is 2.26. The van der Waals surface area contributed by atoms with Crippen LogP contribution in [0.4, 0.5) is 0 Å². The molecule has 0 aliphatic heterocycles. The molecule has 0 aliphatic rings. The minimum absolute atomic E-state index is 0.742. The summed E-state index contributed by atoms with van der Waals surface area (Å²) < 4.78 is 5.92. The molecule has 0 aliphatic carbocycles. The molecule has 124 valence electrons. The van der Waals surface area contributed by atoms with Gasteiger partial charge in [0, 0.05) is 23.0 Å². The first-order valence-electron chi connectivity index (χ1n) is 8.84. The Bertz CT molecular complexity index is 979. The van der Waals surface area contributed by atoms with E-state index in [0.29, 0.717) is 0 Å². The Hall–Kier alpha value is -2.87.